The second-order valence-electron chi connectivity index (χ2n) is 4.75. The van der Waals surface area contributed by atoms with Gasteiger partial charge in [-0.1, -0.05) is 6.07 Å². The summed E-state index contributed by atoms with van der Waals surface area (Å²) in [5.74, 6) is 0. The minimum absolute atomic E-state index is 0.409. The fourth-order valence-corrected chi connectivity index (χ4v) is 3.53. The van der Waals surface area contributed by atoms with Crippen LogP contribution in [-0.4, -0.2) is 35.6 Å². The number of thiophene rings is 1. The molecular formula is C14H19N3S. The van der Waals surface area contributed by atoms with Crippen molar-refractivity contribution < 1.29 is 0 Å². The van der Waals surface area contributed by atoms with Crippen LogP contribution in [0.5, 0.6) is 0 Å². The van der Waals surface area contributed by atoms with Crippen LogP contribution in [-0.2, 0) is 7.05 Å². The Morgan fingerprint density at radius 3 is 2.67 bits per heavy atom. The maximum absolute atomic E-state index is 3.43. The van der Waals surface area contributed by atoms with Crippen molar-refractivity contribution in [2.75, 3.05) is 26.2 Å². The molecule has 0 aromatic carbocycles. The molecule has 3 rings (SSSR count). The van der Waals surface area contributed by atoms with Crippen molar-refractivity contribution in [2.45, 2.75) is 6.04 Å². The number of piperazine rings is 1. The van der Waals surface area contributed by atoms with Crippen LogP contribution in [0, 0.1) is 0 Å². The molecule has 0 aliphatic carbocycles. The van der Waals surface area contributed by atoms with Crippen LogP contribution in [0.2, 0.25) is 0 Å². The summed E-state index contributed by atoms with van der Waals surface area (Å²) in [6, 6.07) is 9.19. The molecule has 2 aromatic rings. The number of nitrogens with zero attached hydrogens (tertiary/aromatic N) is 2. The Balaban J connectivity index is 1.96. The molecular weight excluding hydrogens is 242 g/mol. The summed E-state index contributed by atoms with van der Waals surface area (Å²) < 4.78 is 2.24. The summed E-state index contributed by atoms with van der Waals surface area (Å²) in [6.07, 6.45) is 2.14. The highest BCUT2D eigenvalue weighted by atomic mass is 32.1. The van der Waals surface area contributed by atoms with Gasteiger partial charge in [-0.15, -0.1) is 11.3 Å². The van der Waals surface area contributed by atoms with Crippen molar-refractivity contribution >= 4 is 11.3 Å². The maximum Gasteiger partial charge on any atom is 0.0850 e. The van der Waals surface area contributed by atoms with E-state index in [1.165, 1.54) is 10.6 Å². The van der Waals surface area contributed by atoms with E-state index in [0.717, 1.165) is 26.2 Å². The average Bonchev–Trinajstić information content (AvgIpc) is 3.05. The molecule has 0 amide bonds. The number of rotatable bonds is 3. The third-order valence-corrected chi connectivity index (χ3v) is 4.52. The second-order valence-corrected chi connectivity index (χ2v) is 5.73. The van der Waals surface area contributed by atoms with Crippen molar-refractivity contribution in [3.63, 3.8) is 0 Å². The number of aromatic nitrogens is 1. The van der Waals surface area contributed by atoms with Crippen molar-refractivity contribution in [2.24, 2.45) is 7.05 Å². The van der Waals surface area contributed by atoms with E-state index in [1.807, 2.05) is 11.3 Å². The van der Waals surface area contributed by atoms with Gasteiger partial charge in [-0.25, -0.2) is 0 Å². The third kappa shape index (κ3) is 2.23. The molecule has 0 saturated carbocycles. The predicted octanol–water partition coefficient (Wildman–Crippen LogP) is 2.08. The molecule has 1 aliphatic heterocycles. The molecule has 3 heterocycles. The smallest absolute Gasteiger partial charge is 0.0850 e. The first-order valence-corrected chi connectivity index (χ1v) is 7.33. The zero-order valence-corrected chi connectivity index (χ0v) is 11.5. The highest BCUT2D eigenvalue weighted by Gasteiger charge is 2.26. The lowest BCUT2D eigenvalue weighted by Crippen LogP contribution is -2.45. The molecule has 18 heavy (non-hydrogen) atoms. The standard InChI is InChI=1S/C14H19N3S/c1-16-8-2-4-12(16)14(13-5-3-11-18-13)17-9-6-15-7-10-17/h2-5,8,11,14-15H,6-7,9-10H2,1H3. The minimum Gasteiger partial charge on any atom is -0.353 e. The van der Waals surface area contributed by atoms with Gasteiger partial charge in [0, 0.05) is 50.0 Å². The lowest BCUT2D eigenvalue weighted by molar-refractivity contribution is 0.195. The molecule has 1 aliphatic rings. The van der Waals surface area contributed by atoms with Crippen LogP contribution in [0.15, 0.2) is 35.8 Å². The Kier molecular flexibility index (Phi) is 3.50. The van der Waals surface area contributed by atoms with Crippen LogP contribution in [0.3, 0.4) is 0 Å². The fourth-order valence-electron chi connectivity index (χ4n) is 2.66. The molecule has 2 aromatic heterocycles. The van der Waals surface area contributed by atoms with E-state index in [9.17, 15) is 0 Å². The van der Waals surface area contributed by atoms with Crippen LogP contribution in [0.1, 0.15) is 16.6 Å². The van der Waals surface area contributed by atoms with E-state index in [1.54, 1.807) is 0 Å². The predicted molar refractivity (Wildman–Crippen MR) is 76.0 cm³/mol. The van der Waals surface area contributed by atoms with Gasteiger partial charge in [-0.2, -0.15) is 0 Å². The average molecular weight is 261 g/mol. The highest BCUT2D eigenvalue weighted by molar-refractivity contribution is 7.10. The number of hydrogen-bond donors (Lipinski definition) is 1. The minimum atomic E-state index is 0.409. The molecule has 0 radical (unpaired) electrons. The van der Waals surface area contributed by atoms with Gasteiger partial charge in [0.25, 0.3) is 0 Å². The topological polar surface area (TPSA) is 20.2 Å². The largest absolute Gasteiger partial charge is 0.353 e. The van der Waals surface area contributed by atoms with Gasteiger partial charge in [0.1, 0.15) is 0 Å². The number of hydrogen-bond acceptors (Lipinski definition) is 3. The number of nitrogens with one attached hydrogen (secondary N) is 1. The third-order valence-electron chi connectivity index (χ3n) is 3.59. The van der Waals surface area contributed by atoms with E-state index in [-0.39, 0.29) is 0 Å². The van der Waals surface area contributed by atoms with Crippen molar-refractivity contribution in [1.29, 1.82) is 0 Å². The molecule has 1 atom stereocenters. The first kappa shape index (κ1) is 12.0. The van der Waals surface area contributed by atoms with E-state index >= 15 is 0 Å². The molecule has 1 unspecified atom stereocenters. The Morgan fingerprint density at radius 2 is 2.06 bits per heavy atom. The van der Waals surface area contributed by atoms with E-state index in [0.29, 0.717) is 6.04 Å². The van der Waals surface area contributed by atoms with Crippen molar-refractivity contribution in [1.82, 2.24) is 14.8 Å². The van der Waals surface area contributed by atoms with E-state index in [2.05, 4.69) is 57.7 Å². The molecule has 1 N–H and O–H groups in total. The summed E-state index contributed by atoms with van der Waals surface area (Å²) in [4.78, 5) is 4.02. The van der Waals surface area contributed by atoms with Crippen molar-refractivity contribution in [3.05, 3.63) is 46.4 Å². The summed E-state index contributed by atoms with van der Waals surface area (Å²) in [7, 11) is 2.14. The summed E-state index contributed by atoms with van der Waals surface area (Å²) in [5, 5.41) is 5.60. The first-order valence-electron chi connectivity index (χ1n) is 6.45. The molecule has 0 bridgehead atoms. The van der Waals surface area contributed by atoms with Gasteiger partial charge < -0.3 is 9.88 Å². The Labute approximate surface area is 112 Å². The first-order chi connectivity index (χ1) is 8.86. The zero-order chi connectivity index (χ0) is 12.4. The SMILES string of the molecule is Cn1cccc1C(c1cccs1)N1CCNCC1. The molecule has 1 fully saturated rings. The summed E-state index contributed by atoms with van der Waals surface area (Å²) >= 11 is 1.86. The highest BCUT2D eigenvalue weighted by Crippen LogP contribution is 2.31. The van der Waals surface area contributed by atoms with Crippen LogP contribution < -0.4 is 5.32 Å². The Morgan fingerprint density at radius 1 is 1.22 bits per heavy atom. The Bertz CT molecular complexity index is 483. The van der Waals surface area contributed by atoms with Crippen molar-refractivity contribution in [3.8, 4) is 0 Å². The molecule has 4 heteroatoms. The normalized spacial score (nSPS) is 18.9. The lowest BCUT2D eigenvalue weighted by atomic mass is 10.1. The lowest BCUT2D eigenvalue weighted by Gasteiger charge is -2.34. The second kappa shape index (κ2) is 5.26. The van der Waals surface area contributed by atoms with Gasteiger partial charge in [-0.05, 0) is 23.6 Å². The van der Waals surface area contributed by atoms with E-state index in [4.69, 9.17) is 0 Å². The van der Waals surface area contributed by atoms with Crippen LogP contribution >= 0.6 is 11.3 Å². The summed E-state index contributed by atoms with van der Waals surface area (Å²) in [5.41, 5.74) is 1.39. The van der Waals surface area contributed by atoms with Crippen LogP contribution in [0.4, 0.5) is 0 Å². The fraction of sp³-hybridized carbons (Fsp3) is 0.429. The van der Waals surface area contributed by atoms with Gasteiger partial charge >= 0.3 is 0 Å². The quantitative estimate of drug-likeness (QED) is 0.913. The maximum atomic E-state index is 3.43. The summed E-state index contributed by atoms with van der Waals surface area (Å²) in [6.45, 7) is 4.42. The molecule has 96 valence electrons. The van der Waals surface area contributed by atoms with Gasteiger partial charge in [0.15, 0.2) is 0 Å². The molecule has 1 saturated heterocycles. The molecule has 3 nitrogen and oxygen atoms in total. The van der Waals surface area contributed by atoms with Gasteiger partial charge in [0.2, 0.25) is 0 Å². The monoisotopic (exact) mass is 261 g/mol. The van der Waals surface area contributed by atoms with Gasteiger partial charge in [-0.3, -0.25) is 4.90 Å². The van der Waals surface area contributed by atoms with Gasteiger partial charge in [0.05, 0.1) is 6.04 Å². The zero-order valence-electron chi connectivity index (χ0n) is 10.7. The molecule has 0 spiro atoms. The number of aryl methyl sites for hydroxylation is 1. The Hall–Kier alpha value is -1.10. The van der Waals surface area contributed by atoms with E-state index < -0.39 is 0 Å². The van der Waals surface area contributed by atoms with Crippen LogP contribution in [0.25, 0.3) is 0 Å².